The highest BCUT2D eigenvalue weighted by Gasteiger charge is 2.10. The third-order valence-corrected chi connectivity index (χ3v) is 1.51. The lowest BCUT2D eigenvalue weighted by Crippen LogP contribution is -2.50. The minimum atomic E-state index is -1.41. The Bertz CT molecular complexity index is 209. The van der Waals surface area contributed by atoms with E-state index in [1.807, 2.05) is 0 Å². The number of carboxylic acids is 1. The second kappa shape index (κ2) is 6.30. The van der Waals surface area contributed by atoms with E-state index < -0.39 is 17.9 Å². The van der Waals surface area contributed by atoms with Gasteiger partial charge in [0.05, 0.1) is 18.6 Å². The third kappa shape index (κ3) is 5.07. The fourth-order valence-electron chi connectivity index (χ4n) is 0.559. The number of thiol groups is 1. The number of nitrogens with one attached hydrogen (secondary N) is 2. The number of carbonyl (C=O) groups excluding carboxylic acids is 3. The van der Waals surface area contributed by atoms with Crippen LogP contribution in [-0.2, 0) is 14.4 Å². The van der Waals surface area contributed by atoms with E-state index >= 15 is 0 Å². The van der Waals surface area contributed by atoms with Crippen LogP contribution in [0.25, 0.3) is 0 Å². The number of rotatable bonds is 6. The zero-order valence-corrected chi connectivity index (χ0v) is 7.54. The van der Waals surface area contributed by atoms with Crippen LogP contribution in [0.15, 0.2) is 0 Å². The molecule has 0 aromatic rings. The van der Waals surface area contributed by atoms with Crippen molar-refractivity contribution in [1.29, 1.82) is 0 Å². The monoisotopic (exact) mass is 205 g/mol. The Morgan fingerprint density at radius 1 is 1.54 bits per heavy atom. The molecule has 2 amide bonds. The molecule has 7 heteroatoms. The number of hydrogen-bond acceptors (Lipinski definition) is 5. The topological polar surface area (TPSA) is 98.3 Å². The highest BCUT2D eigenvalue weighted by atomic mass is 32.1. The molecule has 0 unspecified atom stereocenters. The van der Waals surface area contributed by atoms with Gasteiger partial charge in [-0.2, -0.15) is 12.6 Å². The van der Waals surface area contributed by atoms with Gasteiger partial charge in [0.25, 0.3) is 0 Å². The first-order valence-electron chi connectivity index (χ1n) is 3.40. The summed E-state index contributed by atoms with van der Waals surface area (Å²) < 4.78 is 0. The second-order valence-electron chi connectivity index (χ2n) is 2.12. The maximum atomic E-state index is 10.8. The van der Waals surface area contributed by atoms with Gasteiger partial charge in [0, 0.05) is 5.75 Å². The SMILES string of the molecule is O=CNCC(=O)N[C@@H](CS)C(=O)[O-]. The molecular weight excluding hydrogens is 196 g/mol. The van der Waals surface area contributed by atoms with E-state index in [2.05, 4.69) is 23.3 Å². The molecule has 0 rings (SSSR count). The van der Waals surface area contributed by atoms with Gasteiger partial charge in [0.1, 0.15) is 0 Å². The summed E-state index contributed by atoms with van der Waals surface area (Å²) >= 11 is 3.70. The summed E-state index contributed by atoms with van der Waals surface area (Å²) in [6.07, 6.45) is 0.342. The molecule has 0 aromatic carbocycles. The predicted molar refractivity (Wildman–Crippen MR) is 44.9 cm³/mol. The number of hydrogen-bond donors (Lipinski definition) is 3. The van der Waals surface area contributed by atoms with Crippen molar-refractivity contribution in [3.63, 3.8) is 0 Å². The molecule has 0 aliphatic heterocycles. The van der Waals surface area contributed by atoms with Crippen LogP contribution in [0.2, 0.25) is 0 Å². The van der Waals surface area contributed by atoms with E-state index in [1.165, 1.54) is 0 Å². The van der Waals surface area contributed by atoms with E-state index in [9.17, 15) is 19.5 Å². The normalized spacial score (nSPS) is 11.5. The zero-order chi connectivity index (χ0) is 10.3. The summed E-state index contributed by atoms with van der Waals surface area (Å²) in [6.45, 7) is -0.263. The van der Waals surface area contributed by atoms with Crippen LogP contribution in [0.4, 0.5) is 0 Å². The van der Waals surface area contributed by atoms with Gasteiger partial charge in [-0.25, -0.2) is 0 Å². The van der Waals surface area contributed by atoms with E-state index in [4.69, 9.17) is 0 Å². The van der Waals surface area contributed by atoms with E-state index in [1.54, 1.807) is 0 Å². The van der Waals surface area contributed by atoms with Gasteiger partial charge >= 0.3 is 0 Å². The summed E-state index contributed by atoms with van der Waals surface area (Å²) in [4.78, 5) is 30.9. The van der Waals surface area contributed by atoms with Crippen LogP contribution < -0.4 is 15.7 Å². The first kappa shape index (κ1) is 11.8. The highest BCUT2D eigenvalue weighted by Crippen LogP contribution is 1.85. The third-order valence-electron chi connectivity index (χ3n) is 1.15. The minimum absolute atomic E-state index is 0.0604. The Balaban J connectivity index is 3.86. The van der Waals surface area contributed by atoms with Crippen LogP contribution in [0.3, 0.4) is 0 Å². The lowest BCUT2D eigenvalue weighted by Gasteiger charge is -2.16. The molecular formula is C6H9N2O4S-. The average molecular weight is 205 g/mol. The number of aliphatic carboxylic acids is 1. The molecule has 0 aliphatic rings. The molecule has 2 N–H and O–H groups in total. The molecule has 0 fully saturated rings. The Kier molecular flexibility index (Phi) is 5.69. The summed E-state index contributed by atoms with van der Waals surface area (Å²) in [5.41, 5.74) is 0. The van der Waals surface area contributed by atoms with E-state index in [-0.39, 0.29) is 12.3 Å². The molecule has 0 heterocycles. The Hall–Kier alpha value is -1.24. The summed E-state index contributed by atoms with van der Waals surface area (Å²) in [5, 5.41) is 14.5. The fraction of sp³-hybridized carbons (Fsp3) is 0.500. The lowest BCUT2D eigenvalue weighted by atomic mass is 10.3. The molecule has 0 spiro atoms. The maximum absolute atomic E-state index is 10.8. The van der Waals surface area contributed by atoms with E-state index in [0.29, 0.717) is 6.41 Å². The predicted octanol–water partition coefficient (Wildman–Crippen LogP) is -3.10. The van der Waals surface area contributed by atoms with Gasteiger partial charge in [0.15, 0.2) is 0 Å². The van der Waals surface area contributed by atoms with Gasteiger partial charge in [-0.1, -0.05) is 0 Å². The van der Waals surface area contributed by atoms with E-state index in [0.717, 1.165) is 0 Å². The molecule has 0 saturated heterocycles. The van der Waals surface area contributed by atoms with Crippen molar-refractivity contribution < 1.29 is 19.5 Å². The minimum Gasteiger partial charge on any atom is -0.548 e. The average Bonchev–Trinajstić information content (AvgIpc) is 2.10. The van der Waals surface area contributed by atoms with Gasteiger partial charge in [-0.3, -0.25) is 9.59 Å². The van der Waals surface area contributed by atoms with Crippen molar-refractivity contribution in [2.75, 3.05) is 12.3 Å². The zero-order valence-electron chi connectivity index (χ0n) is 6.65. The number of carboxylic acid groups (broad SMARTS) is 1. The largest absolute Gasteiger partial charge is 0.548 e. The Labute approximate surface area is 80.1 Å². The molecule has 0 saturated carbocycles. The van der Waals surface area contributed by atoms with Crippen molar-refractivity contribution >= 4 is 30.9 Å². The summed E-state index contributed by atoms with van der Waals surface area (Å²) in [6, 6.07) is -1.13. The molecule has 13 heavy (non-hydrogen) atoms. The standard InChI is InChI=1S/C6H10N2O4S/c9-3-7-1-5(10)8-4(2-13)6(11)12/h3-4,13H,1-2H2,(H,7,9)(H,8,10)(H,11,12)/p-1/t4-/m0/s1. The first-order chi connectivity index (χ1) is 6.11. The quantitative estimate of drug-likeness (QED) is 0.316. The molecule has 0 radical (unpaired) electrons. The summed E-state index contributed by atoms with van der Waals surface area (Å²) in [5.74, 6) is -2.07. The van der Waals surface area contributed by atoms with Gasteiger partial charge < -0.3 is 20.5 Å². The molecule has 0 aliphatic carbocycles. The van der Waals surface area contributed by atoms with Gasteiger partial charge in [-0.05, 0) is 0 Å². The lowest BCUT2D eigenvalue weighted by molar-refractivity contribution is -0.307. The van der Waals surface area contributed by atoms with Crippen molar-refractivity contribution in [2.24, 2.45) is 0 Å². The number of carbonyl (C=O) groups is 3. The van der Waals surface area contributed by atoms with Crippen molar-refractivity contribution in [2.45, 2.75) is 6.04 Å². The maximum Gasteiger partial charge on any atom is 0.239 e. The summed E-state index contributed by atoms with van der Waals surface area (Å²) in [7, 11) is 0. The molecule has 0 bridgehead atoms. The molecule has 0 aromatic heterocycles. The van der Waals surface area contributed by atoms with Crippen LogP contribution in [0.5, 0.6) is 0 Å². The Morgan fingerprint density at radius 2 is 2.15 bits per heavy atom. The highest BCUT2D eigenvalue weighted by molar-refractivity contribution is 7.80. The van der Waals surface area contributed by atoms with Gasteiger partial charge in [0.2, 0.25) is 12.3 Å². The van der Waals surface area contributed by atoms with Crippen LogP contribution >= 0.6 is 12.6 Å². The van der Waals surface area contributed by atoms with Gasteiger partial charge in [-0.15, -0.1) is 0 Å². The molecule has 74 valence electrons. The fourth-order valence-corrected chi connectivity index (χ4v) is 0.799. The van der Waals surface area contributed by atoms with Crippen LogP contribution in [0, 0.1) is 0 Å². The van der Waals surface area contributed by atoms with Crippen molar-refractivity contribution in [1.82, 2.24) is 10.6 Å². The van der Waals surface area contributed by atoms with Crippen LogP contribution in [0.1, 0.15) is 0 Å². The Morgan fingerprint density at radius 3 is 2.54 bits per heavy atom. The second-order valence-corrected chi connectivity index (χ2v) is 2.49. The first-order valence-corrected chi connectivity index (χ1v) is 4.03. The number of amides is 2. The van der Waals surface area contributed by atoms with Crippen molar-refractivity contribution in [3.8, 4) is 0 Å². The smallest absolute Gasteiger partial charge is 0.239 e. The van der Waals surface area contributed by atoms with Crippen LogP contribution in [-0.4, -0.2) is 36.6 Å². The molecule has 1 atom stereocenters. The van der Waals surface area contributed by atoms with Crippen molar-refractivity contribution in [3.05, 3.63) is 0 Å². The molecule has 6 nitrogen and oxygen atoms in total.